The Kier molecular flexibility index (Phi) is 2.87. The van der Waals surface area contributed by atoms with E-state index in [1.54, 1.807) is 0 Å². The van der Waals surface area contributed by atoms with Crippen LogP contribution < -0.4 is 5.32 Å². The lowest BCUT2D eigenvalue weighted by Gasteiger charge is -2.37. The van der Waals surface area contributed by atoms with E-state index >= 15 is 0 Å². The van der Waals surface area contributed by atoms with Gasteiger partial charge in [-0.05, 0) is 43.4 Å². The van der Waals surface area contributed by atoms with Crippen molar-refractivity contribution in [1.82, 2.24) is 10.2 Å². The number of carbonyl (C=O) groups is 3. The predicted octanol–water partition coefficient (Wildman–Crippen LogP) is 1.53. The molecule has 0 aromatic heterocycles. The summed E-state index contributed by atoms with van der Waals surface area (Å²) in [5, 5.41) is 2.36. The molecule has 3 aliphatic rings. The van der Waals surface area contributed by atoms with Crippen LogP contribution in [0, 0.1) is 23.7 Å². The SMILES string of the molecule is CC(C)C1C(=O)NC(=O)N(C(C2CC2)C2CC2)C1=O. The van der Waals surface area contributed by atoms with Crippen LogP contribution in [0.2, 0.25) is 0 Å². The maximum atomic E-state index is 12.5. The monoisotopic (exact) mass is 264 g/mol. The number of hydrogen-bond donors (Lipinski definition) is 1. The second-order valence-electron chi connectivity index (χ2n) is 6.39. The lowest BCUT2D eigenvalue weighted by Crippen LogP contribution is -2.62. The fourth-order valence-electron chi connectivity index (χ4n) is 3.16. The van der Waals surface area contributed by atoms with Crippen molar-refractivity contribution in [3.05, 3.63) is 0 Å². The molecule has 104 valence electrons. The number of urea groups is 1. The molecule has 5 nitrogen and oxygen atoms in total. The van der Waals surface area contributed by atoms with Crippen molar-refractivity contribution in [2.75, 3.05) is 0 Å². The van der Waals surface area contributed by atoms with Gasteiger partial charge in [-0.1, -0.05) is 13.8 Å². The summed E-state index contributed by atoms with van der Waals surface area (Å²) in [6, 6.07) is -0.474. The molecule has 1 aliphatic heterocycles. The van der Waals surface area contributed by atoms with E-state index in [2.05, 4.69) is 5.32 Å². The van der Waals surface area contributed by atoms with Crippen LogP contribution in [0.3, 0.4) is 0 Å². The Morgan fingerprint density at radius 3 is 2.00 bits per heavy atom. The Morgan fingerprint density at radius 1 is 1.05 bits per heavy atom. The number of imide groups is 2. The van der Waals surface area contributed by atoms with Crippen molar-refractivity contribution < 1.29 is 14.4 Å². The molecule has 1 unspecified atom stereocenters. The van der Waals surface area contributed by atoms with Gasteiger partial charge in [0.2, 0.25) is 11.8 Å². The normalized spacial score (nSPS) is 28.3. The van der Waals surface area contributed by atoms with Gasteiger partial charge in [-0.3, -0.25) is 19.8 Å². The average Bonchev–Trinajstić information content (AvgIpc) is 3.16. The first kappa shape index (κ1) is 12.6. The van der Waals surface area contributed by atoms with Crippen LogP contribution in [0.5, 0.6) is 0 Å². The fraction of sp³-hybridized carbons (Fsp3) is 0.786. The first-order chi connectivity index (χ1) is 9.00. The van der Waals surface area contributed by atoms with Crippen LogP contribution in [0.4, 0.5) is 4.79 Å². The summed E-state index contributed by atoms with van der Waals surface area (Å²) in [7, 11) is 0. The molecule has 0 aromatic carbocycles. The number of hydrogen-bond acceptors (Lipinski definition) is 3. The summed E-state index contributed by atoms with van der Waals surface area (Å²) in [5.41, 5.74) is 0. The number of barbiturate groups is 1. The molecule has 0 aromatic rings. The second-order valence-corrected chi connectivity index (χ2v) is 6.39. The third kappa shape index (κ3) is 2.15. The Bertz CT molecular complexity index is 426. The van der Waals surface area contributed by atoms with Crippen LogP contribution in [-0.2, 0) is 9.59 Å². The molecule has 1 N–H and O–H groups in total. The van der Waals surface area contributed by atoms with Crippen LogP contribution in [0.1, 0.15) is 39.5 Å². The highest BCUT2D eigenvalue weighted by atomic mass is 16.2. The Balaban J connectivity index is 1.87. The van der Waals surface area contributed by atoms with E-state index < -0.39 is 17.9 Å². The van der Waals surface area contributed by atoms with Gasteiger partial charge in [0, 0.05) is 6.04 Å². The maximum Gasteiger partial charge on any atom is 0.331 e. The molecule has 5 heteroatoms. The van der Waals surface area contributed by atoms with E-state index in [0.717, 1.165) is 25.7 Å². The molecular formula is C14H20N2O3. The van der Waals surface area contributed by atoms with Gasteiger partial charge in [-0.25, -0.2) is 4.79 Å². The van der Waals surface area contributed by atoms with Crippen molar-refractivity contribution >= 4 is 17.8 Å². The minimum absolute atomic E-state index is 0.0295. The molecule has 1 saturated heterocycles. The molecule has 1 atom stereocenters. The third-order valence-electron chi connectivity index (χ3n) is 4.41. The van der Waals surface area contributed by atoms with Crippen molar-refractivity contribution in [2.24, 2.45) is 23.7 Å². The topological polar surface area (TPSA) is 66.5 Å². The summed E-state index contributed by atoms with van der Waals surface area (Å²) in [5.74, 6) is -0.592. The zero-order chi connectivity index (χ0) is 13.7. The maximum absolute atomic E-state index is 12.5. The van der Waals surface area contributed by atoms with Crippen LogP contribution in [-0.4, -0.2) is 28.8 Å². The Morgan fingerprint density at radius 2 is 1.58 bits per heavy atom. The van der Waals surface area contributed by atoms with E-state index in [4.69, 9.17) is 0 Å². The molecule has 1 heterocycles. The van der Waals surface area contributed by atoms with Crippen molar-refractivity contribution in [3.8, 4) is 0 Å². The predicted molar refractivity (Wildman–Crippen MR) is 67.9 cm³/mol. The lowest BCUT2D eigenvalue weighted by atomic mass is 9.90. The Hall–Kier alpha value is -1.39. The average molecular weight is 264 g/mol. The summed E-state index contributed by atoms with van der Waals surface area (Å²) in [4.78, 5) is 37.8. The molecule has 0 radical (unpaired) electrons. The van der Waals surface area contributed by atoms with Crippen molar-refractivity contribution in [2.45, 2.75) is 45.6 Å². The minimum Gasteiger partial charge on any atom is -0.277 e. The largest absolute Gasteiger partial charge is 0.331 e. The molecule has 2 saturated carbocycles. The first-order valence-electron chi connectivity index (χ1n) is 7.18. The summed E-state index contributed by atoms with van der Waals surface area (Å²) in [6.45, 7) is 3.69. The molecular weight excluding hydrogens is 244 g/mol. The second kappa shape index (κ2) is 4.32. The first-order valence-corrected chi connectivity index (χ1v) is 7.18. The third-order valence-corrected chi connectivity index (χ3v) is 4.41. The Labute approximate surface area is 112 Å². The van der Waals surface area contributed by atoms with Crippen LogP contribution in [0.25, 0.3) is 0 Å². The van der Waals surface area contributed by atoms with Gasteiger partial charge in [0.1, 0.15) is 5.92 Å². The van der Waals surface area contributed by atoms with E-state index in [1.807, 2.05) is 13.8 Å². The molecule has 3 fully saturated rings. The zero-order valence-corrected chi connectivity index (χ0v) is 11.4. The molecule has 2 aliphatic carbocycles. The number of amides is 4. The fourth-order valence-corrected chi connectivity index (χ4v) is 3.16. The highest BCUT2D eigenvalue weighted by Crippen LogP contribution is 2.48. The summed E-state index contributed by atoms with van der Waals surface area (Å²) >= 11 is 0. The number of nitrogens with one attached hydrogen (secondary N) is 1. The van der Waals surface area contributed by atoms with E-state index in [0.29, 0.717) is 11.8 Å². The van der Waals surface area contributed by atoms with E-state index in [9.17, 15) is 14.4 Å². The molecule has 0 bridgehead atoms. The number of nitrogens with zero attached hydrogens (tertiary/aromatic N) is 1. The zero-order valence-electron chi connectivity index (χ0n) is 11.4. The van der Waals surface area contributed by atoms with Gasteiger partial charge in [-0.15, -0.1) is 0 Å². The van der Waals surface area contributed by atoms with Gasteiger partial charge in [0.25, 0.3) is 0 Å². The lowest BCUT2D eigenvalue weighted by molar-refractivity contribution is -0.146. The van der Waals surface area contributed by atoms with E-state index in [1.165, 1.54) is 4.90 Å². The van der Waals surface area contributed by atoms with Gasteiger partial charge in [-0.2, -0.15) is 0 Å². The van der Waals surface area contributed by atoms with Gasteiger partial charge >= 0.3 is 6.03 Å². The van der Waals surface area contributed by atoms with Crippen LogP contribution >= 0.6 is 0 Å². The van der Waals surface area contributed by atoms with Gasteiger partial charge in [0.15, 0.2) is 0 Å². The minimum atomic E-state index is -0.710. The molecule has 0 spiro atoms. The van der Waals surface area contributed by atoms with Crippen LogP contribution in [0.15, 0.2) is 0 Å². The number of rotatable bonds is 4. The molecule has 3 rings (SSSR count). The summed E-state index contributed by atoms with van der Waals surface area (Å²) < 4.78 is 0. The smallest absolute Gasteiger partial charge is 0.277 e. The molecule has 19 heavy (non-hydrogen) atoms. The number of carbonyl (C=O) groups excluding carboxylic acids is 3. The molecule has 4 amide bonds. The quantitative estimate of drug-likeness (QED) is 0.783. The highest BCUT2D eigenvalue weighted by molar-refractivity contribution is 6.16. The van der Waals surface area contributed by atoms with Gasteiger partial charge in [0.05, 0.1) is 0 Å². The van der Waals surface area contributed by atoms with E-state index in [-0.39, 0.29) is 17.9 Å². The van der Waals surface area contributed by atoms with Gasteiger partial charge < -0.3 is 0 Å². The summed E-state index contributed by atoms with van der Waals surface area (Å²) in [6.07, 6.45) is 4.38. The highest BCUT2D eigenvalue weighted by Gasteiger charge is 2.52. The van der Waals surface area contributed by atoms with Crippen molar-refractivity contribution in [1.29, 1.82) is 0 Å². The standard InChI is InChI=1S/C14H20N2O3/c1-7(2)10-12(17)15-14(19)16(13(10)18)11(8-3-4-8)9-5-6-9/h7-11H,3-6H2,1-2H3,(H,15,17,19). The van der Waals surface area contributed by atoms with Crippen molar-refractivity contribution in [3.63, 3.8) is 0 Å².